The highest BCUT2D eigenvalue weighted by atomic mass is 32.1. The molecule has 2 atom stereocenters. The lowest BCUT2D eigenvalue weighted by molar-refractivity contribution is -0.139. The summed E-state index contributed by atoms with van der Waals surface area (Å²) in [6.07, 6.45) is 1.33. The minimum atomic E-state index is 0.0398. The van der Waals surface area contributed by atoms with Gasteiger partial charge >= 0.3 is 0 Å². The normalized spacial score (nSPS) is 21.9. The molecule has 0 radical (unpaired) electrons. The molecule has 2 rings (SSSR count). The average molecular weight is 268 g/mol. The predicted octanol–water partition coefficient (Wildman–Crippen LogP) is 1.78. The van der Waals surface area contributed by atoms with Gasteiger partial charge in [-0.2, -0.15) is 0 Å². The van der Waals surface area contributed by atoms with Crippen LogP contribution in [0.3, 0.4) is 0 Å². The van der Waals surface area contributed by atoms with Crippen molar-refractivity contribution in [2.75, 3.05) is 19.7 Å². The number of nitrogens with two attached hydrogens (primary N) is 1. The van der Waals surface area contributed by atoms with E-state index in [0.29, 0.717) is 26.1 Å². The summed E-state index contributed by atoms with van der Waals surface area (Å²) in [5.74, 6) is 0.192. The smallest absolute Gasteiger partial charge is 0.222 e. The van der Waals surface area contributed by atoms with Crippen molar-refractivity contribution < 1.29 is 9.53 Å². The van der Waals surface area contributed by atoms with Crippen LogP contribution in [0.4, 0.5) is 0 Å². The van der Waals surface area contributed by atoms with Crippen molar-refractivity contribution in [3.8, 4) is 0 Å². The van der Waals surface area contributed by atoms with Crippen LogP contribution in [0.1, 0.15) is 30.7 Å². The number of thiophene rings is 1. The lowest BCUT2D eigenvalue weighted by Gasteiger charge is -2.32. The van der Waals surface area contributed by atoms with Crippen LogP contribution >= 0.6 is 11.3 Å². The Hall–Kier alpha value is -0.910. The Balaban J connectivity index is 1.88. The second-order valence-corrected chi connectivity index (χ2v) is 5.71. The summed E-state index contributed by atoms with van der Waals surface area (Å²) in [5, 5.41) is 2.04. The summed E-state index contributed by atoms with van der Waals surface area (Å²) in [4.78, 5) is 15.1. The minimum absolute atomic E-state index is 0.0398. The molecule has 1 saturated heterocycles. The number of hydrogen-bond donors (Lipinski definition) is 1. The molecule has 5 heteroatoms. The summed E-state index contributed by atoms with van der Waals surface area (Å²) in [6, 6.07) is 4.16. The van der Waals surface area contributed by atoms with Crippen LogP contribution in [0.2, 0.25) is 0 Å². The molecular weight excluding hydrogens is 248 g/mol. The van der Waals surface area contributed by atoms with Crippen LogP contribution in [-0.4, -0.2) is 36.5 Å². The minimum Gasteiger partial charge on any atom is -0.369 e. The molecule has 1 fully saturated rings. The van der Waals surface area contributed by atoms with Gasteiger partial charge in [0.25, 0.3) is 0 Å². The van der Waals surface area contributed by atoms with Crippen molar-refractivity contribution in [2.24, 2.45) is 5.73 Å². The molecular formula is C13H20N2O2S. The van der Waals surface area contributed by atoms with Gasteiger partial charge in [-0.25, -0.2) is 0 Å². The molecule has 1 aromatic rings. The molecule has 0 spiro atoms. The van der Waals surface area contributed by atoms with Crippen molar-refractivity contribution in [3.63, 3.8) is 0 Å². The largest absolute Gasteiger partial charge is 0.369 e. The summed E-state index contributed by atoms with van der Waals surface area (Å²) in [5.41, 5.74) is 5.68. The standard InChI is InChI=1S/C13H20N2O2S/c1-10(14)4-5-13(16)15-6-7-17-11(9-15)12-3-2-8-18-12/h2-3,8,10-11H,4-7,9,14H2,1H3. The second kappa shape index (κ2) is 6.31. The Morgan fingerprint density at radius 2 is 2.56 bits per heavy atom. The monoisotopic (exact) mass is 268 g/mol. The molecule has 2 N–H and O–H groups in total. The fraction of sp³-hybridized carbons (Fsp3) is 0.615. The first kappa shape index (κ1) is 13.5. The topological polar surface area (TPSA) is 55.6 Å². The van der Waals surface area contributed by atoms with Crippen LogP contribution in [-0.2, 0) is 9.53 Å². The van der Waals surface area contributed by atoms with E-state index in [-0.39, 0.29) is 18.1 Å². The van der Waals surface area contributed by atoms with Crippen LogP contribution in [0.25, 0.3) is 0 Å². The van der Waals surface area contributed by atoms with Gasteiger partial charge in [0.15, 0.2) is 0 Å². The highest BCUT2D eigenvalue weighted by Crippen LogP contribution is 2.26. The van der Waals surface area contributed by atoms with E-state index in [9.17, 15) is 4.79 Å². The zero-order valence-electron chi connectivity index (χ0n) is 10.7. The first-order valence-electron chi connectivity index (χ1n) is 6.35. The number of morpholine rings is 1. The van der Waals surface area contributed by atoms with E-state index in [1.165, 1.54) is 4.88 Å². The van der Waals surface area contributed by atoms with Crippen molar-refractivity contribution in [2.45, 2.75) is 31.9 Å². The lowest BCUT2D eigenvalue weighted by atomic mass is 10.1. The summed E-state index contributed by atoms with van der Waals surface area (Å²) < 4.78 is 5.72. The SMILES string of the molecule is CC(N)CCC(=O)N1CCOC(c2cccs2)C1. The van der Waals surface area contributed by atoms with E-state index in [2.05, 4.69) is 6.07 Å². The van der Waals surface area contributed by atoms with Gasteiger partial charge in [-0.05, 0) is 24.8 Å². The number of rotatable bonds is 4. The van der Waals surface area contributed by atoms with Gasteiger partial charge in [0.2, 0.25) is 5.91 Å². The molecule has 2 unspecified atom stereocenters. The Morgan fingerprint density at radius 3 is 3.22 bits per heavy atom. The van der Waals surface area contributed by atoms with Crippen molar-refractivity contribution in [1.29, 1.82) is 0 Å². The second-order valence-electron chi connectivity index (χ2n) is 4.73. The molecule has 0 saturated carbocycles. The number of carbonyl (C=O) groups is 1. The molecule has 2 heterocycles. The zero-order valence-corrected chi connectivity index (χ0v) is 11.5. The molecule has 4 nitrogen and oxygen atoms in total. The predicted molar refractivity (Wildman–Crippen MR) is 72.5 cm³/mol. The number of amides is 1. The van der Waals surface area contributed by atoms with Crippen molar-refractivity contribution in [3.05, 3.63) is 22.4 Å². The van der Waals surface area contributed by atoms with Crippen LogP contribution in [0, 0.1) is 0 Å². The maximum Gasteiger partial charge on any atom is 0.222 e. The zero-order chi connectivity index (χ0) is 13.0. The van der Waals surface area contributed by atoms with Crippen LogP contribution in [0.5, 0.6) is 0 Å². The Labute approximate surface area is 112 Å². The highest BCUT2D eigenvalue weighted by Gasteiger charge is 2.25. The number of carbonyl (C=O) groups excluding carboxylic acids is 1. The van der Waals surface area contributed by atoms with Gasteiger partial charge < -0.3 is 15.4 Å². The average Bonchev–Trinajstić information content (AvgIpc) is 2.90. The maximum atomic E-state index is 12.0. The Morgan fingerprint density at radius 1 is 1.72 bits per heavy atom. The Kier molecular flexibility index (Phi) is 4.74. The van der Waals surface area contributed by atoms with E-state index in [0.717, 1.165) is 6.42 Å². The van der Waals surface area contributed by atoms with Gasteiger partial charge in [0.1, 0.15) is 6.10 Å². The van der Waals surface area contributed by atoms with Crippen molar-refractivity contribution >= 4 is 17.2 Å². The molecule has 100 valence electrons. The molecule has 1 amide bonds. The number of ether oxygens (including phenoxy) is 1. The van der Waals surface area contributed by atoms with E-state index < -0.39 is 0 Å². The first-order chi connectivity index (χ1) is 8.66. The third kappa shape index (κ3) is 3.54. The third-order valence-corrected chi connectivity index (χ3v) is 4.06. The first-order valence-corrected chi connectivity index (χ1v) is 7.23. The molecule has 0 aromatic carbocycles. The number of nitrogens with zero attached hydrogens (tertiary/aromatic N) is 1. The van der Waals surface area contributed by atoms with Gasteiger partial charge in [-0.15, -0.1) is 11.3 Å². The summed E-state index contributed by atoms with van der Waals surface area (Å²) >= 11 is 1.68. The molecule has 1 aliphatic heterocycles. The van der Waals surface area contributed by atoms with Gasteiger partial charge in [-0.3, -0.25) is 4.79 Å². The molecule has 18 heavy (non-hydrogen) atoms. The third-order valence-electron chi connectivity index (χ3n) is 3.09. The fourth-order valence-electron chi connectivity index (χ4n) is 2.03. The van der Waals surface area contributed by atoms with Gasteiger partial charge in [0.05, 0.1) is 13.2 Å². The quantitative estimate of drug-likeness (QED) is 0.905. The van der Waals surface area contributed by atoms with E-state index in [1.54, 1.807) is 11.3 Å². The number of hydrogen-bond acceptors (Lipinski definition) is 4. The molecule has 0 aliphatic carbocycles. The molecule has 0 bridgehead atoms. The maximum absolute atomic E-state index is 12.0. The summed E-state index contributed by atoms with van der Waals surface area (Å²) in [7, 11) is 0. The van der Waals surface area contributed by atoms with Crippen LogP contribution in [0.15, 0.2) is 17.5 Å². The molecule has 1 aromatic heterocycles. The van der Waals surface area contributed by atoms with Gasteiger partial charge in [0, 0.05) is 23.9 Å². The van der Waals surface area contributed by atoms with Crippen LogP contribution < -0.4 is 5.73 Å². The van der Waals surface area contributed by atoms with E-state index in [4.69, 9.17) is 10.5 Å². The van der Waals surface area contributed by atoms with Gasteiger partial charge in [-0.1, -0.05) is 6.07 Å². The highest BCUT2D eigenvalue weighted by molar-refractivity contribution is 7.10. The summed E-state index contributed by atoms with van der Waals surface area (Å²) in [6.45, 7) is 3.91. The van der Waals surface area contributed by atoms with Crippen molar-refractivity contribution in [1.82, 2.24) is 4.90 Å². The Bertz CT molecular complexity index is 378. The lowest BCUT2D eigenvalue weighted by Crippen LogP contribution is -2.42. The van der Waals surface area contributed by atoms with E-state index >= 15 is 0 Å². The fourth-order valence-corrected chi connectivity index (χ4v) is 2.80. The van der Waals surface area contributed by atoms with E-state index in [1.807, 2.05) is 23.3 Å². The molecule has 1 aliphatic rings.